The predicted octanol–water partition coefficient (Wildman–Crippen LogP) is 1.67. The zero-order valence-electron chi connectivity index (χ0n) is 14.5. The molecular weight excluding hydrogens is 326 g/mol. The van der Waals surface area contributed by atoms with Crippen molar-refractivity contribution in [2.24, 2.45) is 0 Å². The molecule has 7 nitrogen and oxygen atoms in total. The lowest BCUT2D eigenvalue weighted by Gasteiger charge is -2.26. The van der Waals surface area contributed by atoms with E-state index in [1.165, 1.54) is 11.3 Å². The van der Waals surface area contributed by atoms with Crippen LogP contribution in [-0.2, 0) is 4.74 Å². The summed E-state index contributed by atoms with van der Waals surface area (Å²) >= 11 is 1.41. The summed E-state index contributed by atoms with van der Waals surface area (Å²) in [6.45, 7) is 11.4. The Kier molecular flexibility index (Phi) is 5.47. The van der Waals surface area contributed by atoms with E-state index >= 15 is 0 Å². The summed E-state index contributed by atoms with van der Waals surface area (Å²) in [5, 5.41) is 11.4. The smallest absolute Gasteiger partial charge is 0.263 e. The maximum Gasteiger partial charge on any atom is 0.263 e. The van der Waals surface area contributed by atoms with Crippen LogP contribution in [0.25, 0.3) is 4.96 Å². The van der Waals surface area contributed by atoms with Gasteiger partial charge in [0.15, 0.2) is 0 Å². The summed E-state index contributed by atoms with van der Waals surface area (Å²) in [6.07, 6.45) is 0.950. The molecule has 0 unspecified atom stereocenters. The molecule has 8 heteroatoms. The number of aryl methyl sites for hydroxylation is 1. The highest BCUT2D eigenvalue weighted by Crippen LogP contribution is 2.25. The van der Waals surface area contributed by atoms with Gasteiger partial charge in [-0.05, 0) is 19.9 Å². The summed E-state index contributed by atoms with van der Waals surface area (Å²) in [6, 6.07) is 0. The molecule has 1 saturated heterocycles. The highest BCUT2D eigenvalue weighted by molar-refractivity contribution is 7.19. The Bertz CT molecular complexity index is 703. The van der Waals surface area contributed by atoms with Gasteiger partial charge in [0.25, 0.3) is 5.91 Å². The second-order valence-electron chi connectivity index (χ2n) is 6.41. The van der Waals surface area contributed by atoms with E-state index in [0.29, 0.717) is 6.54 Å². The highest BCUT2D eigenvalue weighted by Gasteiger charge is 2.20. The summed E-state index contributed by atoms with van der Waals surface area (Å²) in [5.41, 5.74) is 0.925. The van der Waals surface area contributed by atoms with E-state index < -0.39 is 0 Å². The van der Waals surface area contributed by atoms with Crippen LogP contribution < -0.4 is 5.32 Å². The molecule has 0 spiro atoms. The third-order valence-electron chi connectivity index (χ3n) is 4.28. The third-order valence-corrected chi connectivity index (χ3v) is 5.41. The first kappa shape index (κ1) is 17.3. The summed E-state index contributed by atoms with van der Waals surface area (Å²) in [4.78, 5) is 16.4. The Balaban J connectivity index is 1.57. The molecule has 1 aliphatic heterocycles. The molecule has 0 bridgehead atoms. The summed E-state index contributed by atoms with van der Waals surface area (Å²) < 4.78 is 7.34. The number of carbonyl (C=O) groups excluding carboxylic acids is 1. The number of nitrogens with one attached hydrogen (secondary N) is 1. The SMILES string of the molecule is Cc1c(C(=O)NCCCN2CCOCC2)sc2nnc(C(C)C)n12. The number of hydrogen-bond donors (Lipinski definition) is 1. The average molecular weight is 351 g/mol. The van der Waals surface area contributed by atoms with Crippen molar-refractivity contribution in [1.82, 2.24) is 24.8 Å². The van der Waals surface area contributed by atoms with Crippen molar-refractivity contribution in [1.29, 1.82) is 0 Å². The van der Waals surface area contributed by atoms with Crippen LogP contribution in [0.15, 0.2) is 0 Å². The van der Waals surface area contributed by atoms with Crippen LogP contribution in [0.3, 0.4) is 0 Å². The highest BCUT2D eigenvalue weighted by atomic mass is 32.1. The monoisotopic (exact) mass is 351 g/mol. The predicted molar refractivity (Wildman–Crippen MR) is 93.9 cm³/mol. The van der Waals surface area contributed by atoms with Crippen LogP contribution >= 0.6 is 11.3 Å². The van der Waals surface area contributed by atoms with Gasteiger partial charge < -0.3 is 10.1 Å². The normalized spacial score (nSPS) is 16.2. The molecule has 1 N–H and O–H groups in total. The molecule has 2 aromatic heterocycles. The molecule has 2 aromatic rings. The molecule has 0 aromatic carbocycles. The Morgan fingerprint density at radius 2 is 2.08 bits per heavy atom. The van der Waals surface area contributed by atoms with Crippen molar-refractivity contribution in [3.05, 3.63) is 16.4 Å². The second-order valence-corrected chi connectivity index (χ2v) is 7.39. The number of aromatic nitrogens is 3. The van der Waals surface area contributed by atoms with Gasteiger partial charge in [0.2, 0.25) is 4.96 Å². The minimum atomic E-state index is -0.0142. The van der Waals surface area contributed by atoms with E-state index in [2.05, 4.69) is 34.3 Å². The fourth-order valence-corrected chi connectivity index (χ4v) is 3.91. The lowest BCUT2D eigenvalue weighted by Crippen LogP contribution is -2.38. The van der Waals surface area contributed by atoms with E-state index in [1.807, 2.05) is 11.3 Å². The van der Waals surface area contributed by atoms with Crippen molar-refractivity contribution in [2.45, 2.75) is 33.1 Å². The third kappa shape index (κ3) is 3.60. The van der Waals surface area contributed by atoms with Crippen molar-refractivity contribution >= 4 is 22.2 Å². The lowest BCUT2D eigenvalue weighted by atomic mass is 10.2. The minimum absolute atomic E-state index is 0.0142. The second kappa shape index (κ2) is 7.58. The van der Waals surface area contributed by atoms with Crippen LogP contribution in [0.5, 0.6) is 0 Å². The first-order valence-electron chi connectivity index (χ1n) is 8.50. The molecule has 0 radical (unpaired) electrons. The minimum Gasteiger partial charge on any atom is -0.379 e. The van der Waals surface area contributed by atoms with Crippen molar-refractivity contribution < 1.29 is 9.53 Å². The van der Waals surface area contributed by atoms with Gasteiger partial charge in [-0.25, -0.2) is 0 Å². The summed E-state index contributed by atoms with van der Waals surface area (Å²) in [7, 11) is 0. The van der Waals surface area contributed by atoms with E-state index in [4.69, 9.17) is 4.74 Å². The van der Waals surface area contributed by atoms with Crippen molar-refractivity contribution in [2.75, 3.05) is 39.4 Å². The number of amides is 1. The topological polar surface area (TPSA) is 71.8 Å². The Labute approximate surface area is 146 Å². The molecule has 1 fully saturated rings. The number of hydrogen-bond acceptors (Lipinski definition) is 6. The fraction of sp³-hybridized carbons (Fsp3) is 0.688. The number of rotatable bonds is 6. The van der Waals surface area contributed by atoms with Crippen LogP contribution in [0.1, 0.15) is 47.4 Å². The molecule has 132 valence electrons. The van der Waals surface area contributed by atoms with Gasteiger partial charge in [0.05, 0.1) is 13.2 Å². The van der Waals surface area contributed by atoms with E-state index in [1.54, 1.807) is 0 Å². The molecule has 0 aliphatic carbocycles. The van der Waals surface area contributed by atoms with Gasteiger partial charge in [-0.15, -0.1) is 10.2 Å². The Morgan fingerprint density at radius 3 is 2.79 bits per heavy atom. The molecular formula is C16H25N5O2S. The van der Waals surface area contributed by atoms with Crippen LogP contribution in [-0.4, -0.2) is 64.8 Å². The van der Waals surface area contributed by atoms with Gasteiger partial charge in [-0.3, -0.25) is 14.1 Å². The van der Waals surface area contributed by atoms with Gasteiger partial charge in [0.1, 0.15) is 10.7 Å². The van der Waals surface area contributed by atoms with Gasteiger partial charge in [-0.1, -0.05) is 25.2 Å². The molecule has 0 atom stereocenters. The zero-order chi connectivity index (χ0) is 17.1. The zero-order valence-corrected chi connectivity index (χ0v) is 15.4. The Morgan fingerprint density at radius 1 is 1.33 bits per heavy atom. The number of fused-ring (bicyclic) bond motifs is 1. The van der Waals surface area contributed by atoms with Crippen LogP contribution in [0.4, 0.5) is 0 Å². The van der Waals surface area contributed by atoms with E-state index in [0.717, 1.165) is 60.6 Å². The first-order valence-corrected chi connectivity index (χ1v) is 9.32. The lowest BCUT2D eigenvalue weighted by molar-refractivity contribution is 0.0374. The maximum absolute atomic E-state index is 12.5. The molecule has 3 rings (SSSR count). The molecule has 0 saturated carbocycles. The number of nitrogens with zero attached hydrogens (tertiary/aromatic N) is 4. The molecule has 1 amide bonds. The number of ether oxygens (including phenoxy) is 1. The van der Waals surface area contributed by atoms with Crippen molar-refractivity contribution in [3.63, 3.8) is 0 Å². The van der Waals surface area contributed by atoms with Gasteiger partial charge in [0, 0.05) is 31.2 Å². The van der Waals surface area contributed by atoms with E-state index in [9.17, 15) is 4.79 Å². The standard InChI is InChI=1S/C16H25N5O2S/c1-11(2)14-18-19-16-21(14)12(3)13(24-16)15(22)17-5-4-6-20-7-9-23-10-8-20/h11H,4-10H2,1-3H3,(H,17,22). The van der Waals surface area contributed by atoms with Gasteiger partial charge in [-0.2, -0.15) is 0 Å². The number of thiazole rings is 1. The number of morpholine rings is 1. The molecule has 3 heterocycles. The first-order chi connectivity index (χ1) is 11.6. The van der Waals surface area contributed by atoms with Crippen molar-refractivity contribution in [3.8, 4) is 0 Å². The number of carbonyl (C=O) groups is 1. The summed E-state index contributed by atoms with van der Waals surface area (Å²) in [5.74, 6) is 1.17. The Hall–Kier alpha value is -1.51. The fourth-order valence-electron chi connectivity index (χ4n) is 2.92. The quantitative estimate of drug-likeness (QED) is 0.802. The average Bonchev–Trinajstić information content (AvgIpc) is 3.13. The van der Waals surface area contributed by atoms with Crippen LogP contribution in [0, 0.1) is 6.92 Å². The van der Waals surface area contributed by atoms with Gasteiger partial charge >= 0.3 is 0 Å². The molecule has 1 aliphatic rings. The maximum atomic E-state index is 12.5. The van der Waals surface area contributed by atoms with Crippen LogP contribution in [0.2, 0.25) is 0 Å². The van der Waals surface area contributed by atoms with E-state index in [-0.39, 0.29) is 11.8 Å². The molecule has 24 heavy (non-hydrogen) atoms. The largest absolute Gasteiger partial charge is 0.379 e.